The van der Waals surface area contributed by atoms with Crippen molar-refractivity contribution < 1.29 is 9.47 Å². The molecule has 0 heterocycles. The number of aryl methyl sites for hydroxylation is 1. The predicted octanol–water partition coefficient (Wildman–Crippen LogP) is 5.13. The van der Waals surface area contributed by atoms with Gasteiger partial charge in [0.2, 0.25) is 0 Å². The van der Waals surface area contributed by atoms with Gasteiger partial charge in [0.05, 0.1) is 7.11 Å². The molecule has 0 saturated heterocycles. The highest BCUT2D eigenvalue weighted by molar-refractivity contribution is 9.08. The molecule has 0 unspecified atom stereocenters. The van der Waals surface area contributed by atoms with E-state index in [1.807, 2.05) is 43.3 Å². The average molecular weight is 356 g/mol. The van der Waals surface area contributed by atoms with Crippen molar-refractivity contribution in [1.82, 2.24) is 0 Å². The van der Waals surface area contributed by atoms with E-state index in [1.54, 1.807) is 7.11 Å². The molecule has 2 aromatic carbocycles. The van der Waals surface area contributed by atoms with E-state index in [1.165, 1.54) is 0 Å². The van der Waals surface area contributed by atoms with Crippen LogP contribution >= 0.6 is 27.5 Å². The minimum absolute atomic E-state index is 0.418. The first-order valence-corrected chi connectivity index (χ1v) is 7.74. The number of rotatable bonds is 5. The molecule has 106 valence electrons. The average Bonchev–Trinajstić information content (AvgIpc) is 2.46. The van der Waals surface area contributed by atoms with Gasteiger partial charge in [-0.1, -0.05) is 45.7 Å². The second-order valence-electron chi connectivity index (χ2n) is 4.50. The van der Waals surface area contributed by atoms with Crippen LogP contribution in [0.4, 0.5) is 0 Å². The molecule has 0 aliphatic carbocycles. The lowest BCUT2D eigenvalue weighted by molar-refractivity contribution is 0.284. The van der Waals surface area contributed by atoms with E-state index in [0.717, 1.165) is 38.5 Å². The lowest BCUT2D eigenvalue weighted by Gasteiger charge is -2.12. The predicted molar refractivity (Wildman–Crippen MR) is 86.1 cm³/mol. The molecule has 0 aliphatic heterocycles. The number of hydrogen-bond acceptors (Lipinski definition) is 2. The maximum absolute atomic E-state index is 6.21. The van der Waals surface area contributed by atoms with Crippen LogP contribution in [0.5, 0.6) is 11.5 Å². The van der Waals surface area contributed by atoms with Crippen LogP contribution in [-0.2, 0) is 11.9 Å². The summed E-state index contributed by atoms with van der Waals surface area (Å²) in [6, 6.07) is 11.8. The Morgan fingerprint density at radius 3 is 2.55 bits per heavy atom. The number of ether oxygens (including phenoxy) is 2. The fraction of sp³-hybridized carbons (Fsp3) is 0.250. The first-order valence-electron chi connectivity index (χ1n) is 6.24. The van der Waals surface area contributed by atoms with E-state index in [9.17, 15) is 0 Å². The number of alkyl halides is 1. The van der Waals surface area contributed by atoms with Gasteiger partial charge in [-0.25, -0.2) is 0 Å². The molecule has 0 bridgehead atoms. The smallest absolute Gasteiger partial charge is 0.161 e. The van der Waals surface area contributed by atoms with Crippen molar-refractivity contribution in [1.29, 1.82) is 0 Å². The molecule has 0 atom stereocenters. The Morgan fingerprint density at radius 2 is 1.90 bits per heavy atom. The maximum Gasteiger partial charge on any atom is 0.161 e. The van der Waals surface area contributed by atoms with Gasteiger partial charge in [-0.3, -0.25) is 0 Å². The Hall–Kier alpha value is -1.19. The Balaban J connectivity index is 2.17. The van der Waals surface area contributed by atoms with Crippen molar-refractivity contribution in [2.75, 3.05) is 7.11 Å². The molecule has 2 aromatic rings. The minimum atomic E-state index is 0.418. The summed E-state index contributed by atoms with van der Waals surface area (Å²) in [5.41, 5.74) is 3.23. The highest BCUT2D eigenvalue weighted by Gasteiger charge is 2.07. The second kappa shape index (κ2) is 7.00. The summed E-state index contributed by atoms with van der Waals surface area (Å²) in [6.07, 6.45) is 0. The zero-order valence-electron chi connectivity index (χ0n) is 11.5. The lowest BCUT2D eigenvalue weighted by Crippen LogP contribution is -1.99. The summed E-state index contributed by atoms with van der Waals surface area (Å²) < 4.78 is 11.2. The zero-order chi connectivity index (χ0) is 14.5. The standard InChI is InChI=1S/C16H16BrClO2/c1-11-3-5-13(14(18)7-11)10-20-16-8-12(9-17)4-6-15(16)19-2/h3-8H,9-10H2,1-2H3. The van der Waals surface area contributed by atoms with Crippen molar-refractivity contribution in [3.05, 3.63) is 58.1 Å². The van der Waals surface area contributed by atoms with Crippen molar-refractivity contribution in [2.24, 2.45) is 0 Å². The van der Waals surface area contributed by atoms with Gasteiger partial charge in [-0.15, -0.1) is 0 Å². The van der Waals surface area contributed by atoms with Crippen molar-refractivity contribution in [2.45, 2.75) is 18.9 Å². The van der Waals surface area contributed by atoms with Gasteiger partial charge < -0.3 is 9.47 Å². The molecule has 2 nitrogen and oxygen atoms in total. The van der Waals surface area contributed by atoms with Crippen LogP contribution in [0.2, 0.25) is 5.02 Å². The third kappa shape index (κ3) is 3.68. The van der Waals surface area contributed by atoms with E-state index in [-0.39, 0.29) is 0 Å². The first kappa shape index (κ1) is 15.2. The fourth-order valence-electron chi connectivity index (χ4n) is 1.84. The summed E-state index contributed by atoms with van der Waals surface area (Å²) in [5, 5.41) is 1.50. The normalized spacial score (nSPS) is 10.4. The van der Waals surface area contributed by atoms with Crippen LogP contribution in [0.1, 0.15) is 16.7 Å². The van der Waals surface area contributed by atoms with Crippen molar-refractivity contribution in [3.63, 3.8) is 0 Å². The Morgan fingerprint density at radius 1 is 1.10 bits per heavy atom. The highest BCUT2D eigenvalue weighted by atomic mass is 79.9. The molecule has 0 aliphatic rings. The van der Waals surface area contributed by atoms with E-state index >= 15 is 0 Å². The molecular weight excluding hydrogens is 340 g/mol. The summed E-state index contributed by atoms with van der Waals surface area (Å²) in [4.78, 5) is 0. The van der Waals surface area contributed by atoms with E-state index < -0.39 is 0 Å². The topological polar surface area (TPSA) is 18.5 Å². The Labute approximate surface area is 132 Å². The van der Waals surface area contributed by atoms with Crippen LogP contribution in [0.3, 0.4) is 0 Å². The number of benzene rings is 2. The van der Waals surface area contributed by atoms with Gasteiger partial charge >= 0.3 is 0 Å². The quantitative estimate of drug-likeness (QED) is 0.692. The third-order valence-corrected chi connectivity index (χ3v) is 3.97. The summed E-state index contributed by atoms with van der Waals surface area (Å²) in [7, 11) is 1.63. The number of methoxy groups -OCH3 is 1. The molecule has 0 fully saturated rings. The SMILES string of the molecule is COc1ccc(CBr)cc1OCc1ccc(C)cc1Cl. The second-order valence-corrected chi connectivity index (χ2v) is 5.47. The molecular formula is C16H16BrClO2. The van der Waals surface area contributed by atoms with E-state index in [2.05, 4.69) is 15.9 Å². The number of hydrogen-bond donors (Lipinski definition) is 0. The van der Waals surface area contributed by atoms with Gasteiger partial charge in [0.15, 0.2) is 11.5 Å². The van der Waals surface area contributed by atoms with Crippen LogP contribution in [0.25, 0.3) is 0 Å². The van der Waals surface area contributed by atoms with Gasteiger partial charge in [0.25, 0.3) is 0 Å². The monoisotopic (exact) mass is 354 g/mol. The fourth-order valence-corrected chi connectivity index (χ4v) is 2.48. The van der Waals surface area contributed by atoms with Crippen molar-refractivity contribution >= 4 is 27.5 Å². The van der Waals surface area contributed by atoms with Gasteiger partial charge in [-0.05, 0) is 36.2 Å². The zero-order valence-corrected chi connectivity index (χ0v) is 13.8. The Bertz CT molecular complexity index is 599. The maximum atomic E-state index is 6.21. The summed E-state index contributed by atoms with van der Waals surface area (Å²) in [5.74, 6) is 1.44. The van der Waals surface area contributed by atoms with Gasteiger partial charge in [0.1, 0.15) is 6.61 Å². The van der Waals surface area contributed by atoms with Crippen LogP contribution in [-0.4, -0.2) is 7.11 Å². The van der Waals surface area contributed by atoms with Crippen LogP contribution in [0, 0.1) is 6.92 Å². The molecule has 0 aromatic heterocycles. The van der Waals surface area contributed by atoms with Gasteiger partial charge in [0, 0.05) is 15.9 Å². The van der Waals surface area contributed by atoms with E-state index in [0.29, 0.717) is 6.61 Å². The largest absolute Gasteiger partial charge is 0.493 e. The molecule has 0 spiro atoms. The molecule has 2 rings (SSSR count). The molecule has 0 amide bonds. The molecule has 0 radical (unpaired) electrons. The van der Waals surface area contributed by atoms with E-state index in [4.69, 9.17) is 21.1 Å². The molecule has 0 N–H and O–H groups in total. The molecule has 20 heavy (non-hydrogen) atoms. The third-order valence-electron chi connectivity index (χ3n) is 2.97. The van der Waals surface area contributed by atoms with Crippen molar-refractivity contribution in [3.8, 4) is 11.5 Å². The first-order chi connectivity index (χ1) is 9.63. The Kier molecular flexibility index (Phi) is 5.32. The van der Waals surface area contributed by atoms with Crippen LogP contribution in [0.15, 0.2) is 36.4 Å². The van der Waals surface area contributed by atoms with Crippen LogP contribution < -0.4 is 9.47 Å². The molecule has 4 heteroatoms. The summed E-state index contributed by atoms with van der Waals surface area (Å²) >= 11 is 9.65. The van der Waals surface area contributed by atoms with Gasteiger partial charge in [-0.2, -0.15) is 0 Å². The lowest BCUT2D eigenvalue weighted by atomic mass is 10.1. The number of halogens is 2. The minimum Gasteiger partial charge on any atom is -0.493 e. The molecule has 0 saturated carbocycles. The summed E-state index contributed by atoms with van der Waals surface area (Å²) in [6.45, 7) is 2.43. The highest BCUT2D eigenvalue weighted by Crippen LogP contribution is 2.30.